The Balaban J connectivity index is 2.73. The average Bonchev–Trinajstić information content (AvgIpc) is 2.42. The number of hydrogen-bond donors (Lipinski definition) is 1. The van der Waals surface area contributed by atoms with Gasteiger partial charge in [-0.05, 0) is 35.0 Å². The van der Waals surface area contributed by atoms with E-state index in [1.165, 1.54) is 6.20 Å². The monoisotopic (exact) mass is 254 g/mol. The SMILES string of the molecule is Cc1nn2cc(C(=O)O)ccc2c1Br. The van der Waals surface area contributed by atoms with Crippen molar-refractivity contribution in [1.29, 1.82) is 0 Å². The van der Waals surface area contributed by atoms with E-state index in [9.17, 15) is 4.79 Å². The second-order valence-corrected chi connectivity index (χ2v) is 3.75. The molecule has 14 heavy (non-hydrogen) atoms. The van der Waals surface area contributed by atoms with Gasteiger partial charge in [0.25, 0.3) is 0 Å². The van der Waals surface area contributed by atoms with Crippen LogP contribution in [-0.2, 0) is 0 Å². The van der Waals surface area contributed by atoms with Gasteiger partial charge in [0.05, 0.1) is 21.2 Å². The zero-order chi connectivity index (χ0) is 10.3. The van der Waals surface area contributed by atoms with Gasteiger partial charge in [0.1, 0.15) is 0 Å². The van der Waals surface area contributed by atoms with Gasteiger partial charge in [-0.3, -0.25) is 0 Å². The number of carboxylic acids is 1. The Labute approximate surface area is 88.3 Å². The van der Waals surface area contributed by atoms with Gasteiger partial charge in [-0.25, -0.2) is 9.31 Å². The summed E-state index contributed by atoms with van der Waals surface area (Å²) >= 11 is 3.38. The molecule has 0 saturated heterocycles. The molecule has 2 heterocycles. The Morgan fingerprint density at radius 3 is 2.93 bits per heavy atom. The zero-order valence-electron chi connectivity index (χ0n) is 7.36. The van der Waals surface area contributed by atoms with E-state index in [4.69, 9.17) is 5.11 Å². The summed E-state index contributed by atoms with van der Waals surface area (Å²) in [6.45, 7) is 1.86. The lowest BCUT2D eigenvalue weighted by atomic mass is 10.3. The minimum absolute atomic E-state index is 0.229. The largest absolute Gasteiger partial charge is 0.478 e. The van der Waals surface area contributed by atoms with E-state index in [0.717, 1.165) is 15.7 Å². The quantitative estimate of drug-likeness (QED) is 0.848. The van der Waals surface area contributed by atoms with Gasteiger partial charge < -0.3 is 5.11 Å². The molecule has 0 unspecified atom stereocenters. The number of rotatable bonds is 1. The number of fused-ring (bicyclic) bond motifs is 1. The second-order valence-electron chi connectivity index (χ2n) is 2.95. The third-order valence-corrected chi connectivity index (χ3v) is 2.96. The van der Waals surface area contributed by atoms with Crippen LogP contribution in [0.3, 0.4) is 0 Å². The standard InChI is InChI=1S/C9H7BrN2O2/c1-5-8(10)7-3-2-6(9(13)14)4-12(7)11-5/h2-4H,1H3,(H,13,14). The van der Waals surface area contributed by atoms with Crippen molar-refractivity contribution in [2.24, 2.45) is 0 Å². The first-order valence-corrected chi connectivity index (χ1v) is 4.76. The number of pyridine rings is 1. The highest BCUT2D eigenvalue weighted by atomic mass is 79.9. The molecule has 0 radical (unpaired) electrons. The van der Waals surface area contributed by atoms with Gasteiger partial charge >= 0.3 is 5.97 Å². The number of carbonyl (C=O) groups is 1. The lowest BCUT2D eigenvalue weighted by Crippen LogP contribution is -1.99. The highest BCUT2D eigenvalue weighted by Gasteiger charge is 2.08. The van der Waals surface area contributed by atoms with E-state index >= 15 is 0 Å². The van der Waals surface area contributed by atoms with Gasteiger partial charge in [-0.2, -0.15) is 5.10 Å². The van der Waals surface area contributed by atoms with Crippen LogP contribution in [0.25, 0.3) is 5.52 Å². The van der Waals surface area contributed by atoms with Gasteiger partial charge in [-0.15, -0.1) is 0 Å². The molecular weight excluding hydrogens is 248 g/mol. The smallest absolute Gasteiger partial charge is 0.337 e. The molecule has 2 aromatic heterocycles. The minimum Gasteiger partial charge on any atom is -0.478 e. The number of aromatic nitrogens is 2. The Bertz CT molecular complexity index is 519. The van der Waals surface area contributed by atoms with E-state index in [0.29, 0.717) is 0 Å². The van der Waals surface area contributed by atoms with Crippen LogP contribution in [0.2, 0.25) is 0 Å². The van der Waals surface area contributed by atoms with Crippen molar-refractivity contribution in [2.75, 3.05) is 0 Å². The van der Waals surface area contributed by atoms with Crippen LogP contribution in [0.15, 0.2) is 22.8 Å². The Morgan fingerprint density at radius 1 is 1.57 bits per heavy atom. The number of aryl methyl sites for hydroxylation is 1. The fraction of sp³-hybridized carbons (Fsp3) is 0.111. The molecule has 0 aliphatic heterocycles. The maximum absolute atomic E-state index is 10.7. The molecule has 1 N–H and O–H groups in total. The third kappa shape index (κ3) is 1.29. The van der Waals surface area contributed by atoms with Crippen molar-refractivity contribution in [3.8, 4) is 0 Å². The molecule has 2 rings (SSSR count). The molecule has 5 heteroatoms. The van der Waals surface area contributed by atoms with Crippen molar-refractivity contribution in [2.45, 2.75) is 6.92 Å². The van der Waals surface area contributed by atoms with E-state index < -0.39 is 5.97 Å². The van der Waals surface area contributed by atoms with Crippen LogP contribution in [0.1, 0.15) is 16.1 Å². The molecule has 0 aliphatic carbocycles. The summed E-state index contributed by atoms with van der Waals surface area (Å²) in [5.41, 5.74) is 1.94. The maximum atomic E-state index is 10.7. The number of nitrogens with zero attached hydrogens (tertiary/aromatic N) is 2. The van der Waals surface area contributed by atoms with Gasteiger partial charge in [0, 0.05) is 6.20 Å². The van der Waals surface area contributed by atoms with Crippen molar-refractivity contribution in [1.82, 2.24) is 9.61 Å². The summed E-state index contributed by atoms with van der Waals surface area (Å²) in [6.07, 6.45) is 1.50. The molecule has 0 atom stereocenters. The lowest BCUT2D eigenvalue weighted by molar-refractivity contribution is 0.0696. The Kier molecular flexibility index (Phi) is 2.03. The number of carboxylic acid groups (broad SMARTS) is 1. The summed E-state index contributed by atoms with van der Waals surface area (Å²) in [6, 6.07) is 3.29. The first-order chi connectivity index (χ1) is 6.59. The summed E-state index contributed by atoms with van der Waals surface area (Å²) < 4.78 is 2.46. The zero-order valence-corrected chi connectivity index (χ0v) is 8.95. The second kappa shape index (κ2) is 3.09. The van der Waals surface area contributed by atoms with Gasteiger partial charge in [0.15, 0.2) is 0 Å². The molecule has 2 aromatic rings. The molecule has 0 amide bonds. The lowest BCUT2D eigenvalue weighted by Gasteiger charge is -1.95. The van der Waals surface area contributed by atoms with Crippen molar-refractivity contribution in [3.63, 3.8) is 0 Å². The van der Waals surface area contributed by atoms with E-state index in [2.05, 4.69) is 21.0 Å². The molecule has 0 bridgehead atoms. The summed E-state index contributed by atoms with van der Waals surface area (Å²) in [7, 11) is 0. The van der Waals surface area contributed by atoms with Crippen LogP contribution in [0.4, 0.5) is 0 Å². The van der Waals surface area contributed by atoms with Gasteiger partial charge in [0.2, 0.25) is 0 Å². The predicted molar refractivity (Wildman–Crippen MR) is 54.6 cm³/mol. The van der Waals surface area contributed by atoms with Crippen LogP contribution in [-0.4, -0.2) is 20.7 Å². The minimum atomic E-state index is -0.948. The summed E-state index contributed by atoms with van der Waals surface area (Å²) in [5, 5.41) is 12.9. The van der Waals surface area contributed by atoms with Gasteiger partial charge in [-0.1, -0.05) is 0 Å². The highest BCUT2D eigenvalue weighted by molar-refractivity contribution is 9.10. The highest BCUT2D eigenvalue weighted by Crippen LogP contribution is 2.21. The number of halogens is 1. The summed E-state index contributed by atoms with van der Waals surface area (Å²) in [5.74, 6) is -0.948. The topological polar surface area (TPSA) is 54.6 Å². The molecule has 0 aliphatic rings. The average molecular weight is 255 g/mol. The normalized spacial score (nSPS) is 10.7. The Hall–Kier alpha value is -1.36. The summed E-state index contributed by atoms with van der Waals surface area (Å²) in [4.78, 5) is 10.7. The van der Waals surface area contributed by atoms with E-state index in [1.807, 2.05) is 6.92 Å². The van der Waals surface area contributed by atoms with Crippen LogP contribution < -0.4 is 0 Å². The molecular formula is C9H7BrN2O2. The first kappa shape index (κ1) is 9.21. The molecule has 72 valence electrons. The molecule has 0 aromatic carbocycles. The van der Waals surface area contributed by atoms with Crippen LogP contribution in [0, 0.1) is 6.92 Å². The Morgan fingerprint density at radius 2 is 2.29 bits per heavy atom. The third-order valence-electron chi connectivity index (χ3n) is 1.98. The van der Waals surface area contributed by atoms with Crippen LogP contribution >= 0.6 is 15.9 Å². The number of hydrogen-bond acceptors (Lipinski definition) is 2. The molecule has 4 nitrogen and oxygen atoms in total. The maximum Gasteiger partial charge on any atom is 0.337 e. The van der Waals surface area contributed by atoms with Crippen LogP contribution in [0.5, 0.6) is 0 Å². The van der Waals surface area contributed by atoms with Crippen molar-refractivity contribution in [3.05, 3.63) is 34.1 Å². The van der Waals surface area contributed by atoms with E-state index in [1.54, 1.807) is 16.6 Å². The molecule has 0 spiro atoms. The molecule has 0 saturated carbocycles. The fourth-order valence-corrected chi connectivity index (χ4v) is 1.66. The van der Waals surface area contributed by atoms with Crippen molar-refractivity contribution < 1.29 is 9.90 Å². The predicted octanol–water partition coefficient (Wildman–Crippen LogP) is 2.10. The number of aromatic carboxylic acids is 1. The molecule has 0 fully saturated rings. The first-order valence-electron chi connectivity index (χ1n) is 3.97. The van der Waals surface area contributed by atoms with E-state index in [-0.39, 0.29) is 5.56 Å². The fourth-order valence-electron chi connectivity index (χ4n) is 1.26. The van der Waals surface area contributed by atoms with Crippen molar-refractivity contribution >= 4 is 27.4 Å².